The van der Waals surface area contributed by atoms with Crippen LogP contribution in [0.5, 0.6) is 17.4 Å². The van der Waals surface area contributed by atoms with Crippen molar-refractivity contribution in [1.29, 1.82) is 0 Å². The summed E-state index contributed by atoms with van der Waals surface area (Å²) >= 11 is 0. The number of ether oxygens (including phenoxy) is 1. The number of fused-ring (bicyclic) bond motifs is 1. The highest BCUT2D eigenvalue weighted by Crippen LogP contribution is 2.53. The van der Waals surface area contributed by atoms with Crippen LogP contribution in [0.15, 0.2) is 23.0 Å². The lowest BCUT2D eigenvalue weighted by molar-refractivity contribution is -0.119. The minimum absolute atomic E-state index is 0.0382. The highest BCUT2D eigenvalue weighted by atomic mass is 31.2. The Bertz CT molecular complexity index is 1200. The second-order valence-electron chi connectivity index (χ2n) is 9.81. The fourth-order valence-electron chi connectivity index (χ4n) is 4.03. The van der Waals surface area contributed by atoms with E-state index in [1.165, 1.54) is 13.2 Å². The van der Waals surface area contributed by atoms with E-state index in [1.807, 2.05) is 20.8 Å². The number of nitrogens with zero attached hydrogens (tertiary/aromatic N) is 2. The summed E-state index contributed by atoms with van der Waals surface area (Å²) in [7, 11) is -2.54. The summed E-state index contributed by atoms with van der Waals surface area (Å²) in [6.45, 7) is 10.3. The minimum atomic E-state index is -3.80. The fourth-order valence-corrected chi connectivity index (χ4v) is 5.55. The molecule has 2 atom stereocenters. The largest absolute Gasteiger partial charge is 0.505 e. The number of hydrogen-bond donors (Lipinski definition) is 4. The fraction of sp³-hybridized carbons (Fsp3) is 0.500. The third-order valence-corrected chi connectivity index (χ3v) is 8.02. The number of aromatic nitrogens is 1. The van der Waals surface area contributed by atoms with Crippen LogP contribution >= 0.6 is 7.52 Å². The second kappa shape index (κ2) is 9.95. The Balaban J connectivity index is 2.11. The number of carbonyl (C=O) groups is 1. The van der Waals surface area contributed by atoms with Crippen LogP contribution in [0.4, 0.5) is 5.69 Å². The SMILES string of the molecule is CCC(C)CCn1c(O)c(C2=NP(=O)(OC)c3cc(OCC(N)=O)ccc3N2)c(O)c1C(C)(C)C. The van der Waals surface area contributed by atoms with E-state index in [-0.39, 0.29) is 40.7 Å². The first-order valence-corrected chi connectivity index (χ1v) is 13.1. The summed E-state index contributed by atoms with van der Waals surface area (Å²) in [6, 6.07) is 4.65. The van der Waals surface area contributed by atoms with Gasteiger partial charge < -0.3 is 35.1 Å². The van der Waals surface area contributed by atoms with Crippen LogP contribution in [0.25, 0.3) is 0 Å². The van der Waals surface area contributed by atoms with E-state index in [4.69, 9.17) is 15.0 Å². The molecule has 2 unspecified atom stereocenters. The first kappa shape index (κ1) is 26.6. The van der Waals surface area contributed by atoms with Crippen molar-refractivity contribution >= 4 is 30.3 Å². The molecule has 1 aromatic heterocycles. The van der Waals surface area contributed by atoms with Crippen LogP contribution in [0.1, 0.15) is 58.7 Å². The molecule has 1 aliphatic heterocycles. The number of rotatable bonds is 9. The Hall–Kier alpha value is -2.97. The minimum Gasteiger partial charge on any atom is -0.505 e. The topological polar surface area (TPSA) is 148 Å². The van der Waals surface area contributed by atoms with E-state index in [0.29, 0.717) is 23.8 Å². The molecule has 2 heterocycles. The lowest BCUT2D eigenvalue weighted by atomic mass is 9.90. The number of benzene rings is 1. The molecular weight excluding hydrogens is 471 g/mol. The average molecular weight is 507 g/mol. The number of aromatic hydroxyl groups is 2. The Morgan fingerprint density at radius 3 is 2.57 bits per heavy atom. The predicted octanol–water partition coefficient (Wildman–Crippen LogP) is 3.83. The molecule has 10 nitrogen and oxygen atoms in total. The van der Waals surface area contributed by atoms with Gasteiger partial charge in [-0.25, -0.2) is 0 Å². The second-order valence-corrected chi connectivity index (χ2v) is 11.9. The third-order valence-electron chi connectivity index (χ3n) is 6.09. The lowest BCUT2D eigenvalue weighted by Crippen LogP contribution is -2.26. The molecule has 0 saturated carbocycles. The van der Waals surface area contributed by atoms with E-state index >= 15 is 0 Å². The Morgan fingerprint density at radius 2 is 2.00 bits per heavy atom. The number of amidine groups is 1. The van der Waals surface area contributed by atoms with E-state index in [9.17, 15) is 19.6 Å². The van der Waals surface area contributed by atoms with E-state index in [2.05, 4.69) is 23.9 Å². The number of amides is 1. The maximum absolute atomic E-state index is 13.7. The summed E-state index contributed by atoms with van der Waals surface area (Å²) in [5.41, 5.74) is 5.68. The molecule has 5 N–H and O–H groups in total. The van der Waals surface area contributed by atoms with Crippen LogP contribution in [0.2, 0.25) is 0 Å². The summed E-state index contributed by atoms with van der Waals surface area (Å²) in [5.74, 6) is -0.178. The zero-order valence-electron chi connectivity index (χ0n) is 21.1. The van der Waals surface area contributed by atoms with Gasteiger partial charge in [0.05, 0.1) is 16.7 Å². The lowest BCUT2D eigenvalue weighted by Gasteiger charge is -2.24. The molecule has 2 aromatic rings. The Labute approximate surface area is 205 Å². The molecule has 0 spiro atoms. The van der Waals surface area contributed by atoms with Gasteiger partial charge in [0.2, 0.25) is 5.88 Å². The van der Waals surface area contributed by atoms with Crippen molar-refractivity contribution < 1.29 is 28.8 Å². The Kier molecular flexibility index (Phi) is 7.57. The number of carbonyl (C=O) groups excluding carboxylic acids is 1. The van der Waals surface area contributed by atoms with Crippen molar-refractivity contribution in [1.82, 2.24) is 4.57 Å². The molecule has 1 aliphatic rings. The molecule has 0 radical (unpaired) electrons. The van der Waals surface area contributed by atoms with Gasteiger partial charge in [-0.05, 0) is 30.5 Å². The van der Waals surface area contributed by atoms with Crippen molar-refractivity contribution in [2.75, 3.05) is 19.0 Å². The molecule has 0 fully saturated rings. The van der Waals surface area contributed by atoms with Gasteiger partial charge in [-0.3, -0.25) is 9.36 Å². The van der Waals surface area contributed by atoms with Gasteiger partial charge in [0, 0.05) is 19.1 Å². The highest BCUT2D eigenvalue weighted by Gasteiger charge is 2.38. The van der Waals surface area contributed by atoms with Crippen LogP contribution < -0.4 is 21.1 Å². The van der Waals surface area contributed by atoms with Crippen molar-refractivity contribution in [3.63, 3.8) is 0 Å². The number of nitrogens with two attached hydrogens (primary N) is 1. The molecule has 0 saturated heterocycles. The summed E-state index contributed by atoms with van der Waals surface area (Å²) < 4.78 is 30.4. The predicted molar refractivity (Wildman–Crippen MR) is 136 cm³/mol. The van der Waals surface area contributed by atoms with Gasteiger partial charge in [0.15, 0.2) is 18.2 Å². The summed E-state index contributed by atoms with van der Waals surface area (Å²) in [6.07, 6.45) is 1.81. The normalized spacial score (nSPS) is 18.4. The molecule has 35 heavy (non-hydrogen) atoms. The molecular formula is C24H35N4O6P. The van der Waals surface area contributed by atoms with Crippen molar-refractivity contribution in [2.24, 2.45) is 16.4 Å². The molecule has 192 valence electrons. The number of hydrogen-bond acceptors (Lipinski definition) is 7. The van der Waals surface area contributed by atoms with Crippen molar-refractivity contribution in [3.05, 3.63) is 29.5 Å². The van der Waals surface area contributed by atoms with E-state index in [0.717, 1.165) is 12.8 Å². The van der Waals surface area contributed by atoms with Crippen LogP contribution in [0.3, 0.4) is 0 Å². The summed E-state index contributed by atoms with van der Waals surface area (Å²) in [4.78, 5) is 11.0. The van der Waals surface area contributed by atoms with Crippen molar-refractivity contribution in [3.8, 4) is 17.4 Å². The number of nitrogens with one attached hydrogen (secondary N) is 1. The molecule has 11 heteroatoms. The van der Waals surface area contributed by atoms with Gasteiger partial charge in [-0.2, -0.15) is 4.76 Å². The van der Waals surface area contributed by atoms with Crippen LogP contribution in [-0.4, -0.2) is 40.2 Å². The monoisotopic (exact) mass is 506 g/mol. The Morgan fingerprint density at radius 1 is 1.31 bits per heavy atom. The third kappa shape index (κ3) is 5.33. The molecule has 1 amide bonds. The van der Waals surface area contributed by atoms with Gasteiger partial charge in [0.25, 0.3) is 5.91 Å². The van der Waals surface area contributed by atoms with Gasteiger partial charge >= 0.3 is 7.52 Å². The summed E-state index contributed by atoms with van der Waals surface area (Å²) in [5, 5.41) is 25.8. The smallest absolute Gasteiger partial charge is 0.348 e. The van der Waals surface area contributed by atoms with E-state index < -0.39 is 18.8 Å². The average Bonchev–Trinajstić information content (AvgIpc) is 3.05. The van der Waals surface area contributed by atoms with Gasteiger partial charge in [-0.1, -0.05) is 41.0 Å². The van der Waals surface area contributed by atoms with Gasteiger partial charge in [0.1, 0.15) is 11.3 Å². The van der Waals surface area contributed by atoms with Crippen LogP contribution in [0, 0.1) is 5.92 Å². The number of anilines is 1. The highest BCUT2D eigenvalue weighted by molar-refractivity contribution is 7.66. The zero-order valence-corrected chi connectivity index (χ0v) is 22.0. The van der Waals surface area contributed by atoms with E-state index in [1.54, 1.807) is 16.7 Å². The van der Waals surface area contributed by atoms with Crippen molar-refractivity contribution in [2.45, 2.75) is 59.4 Å². The number of primary amides is 1. The molecule has 0 bridgehead atoms. The molecule has 0 aliphatic carbocycles. The standard InChI is InChI=1S/C24H35N4O6P/c1-7-14(2)10-11-28-21(24(3,4)5)20(30)19(23(28)31)22-26-16-9-8-15(34-13-18(25)29)12-17(16)35(32,27-22)33-6/h8-9,12,14,30-31H,7,10-11,13H2,1-6H3,(H2,25,29)(H,26,27,32). The first-order valence-electron chi connectivity index (χ1n) is 11.6. The first-order chi connectivity index (χ1) is 16.3. The quantitative estimate of drug-likeness (QED) is 0.378. The maximum Gasteiger partial charge on any atom is 0.348 e. The zero-order chi connectivity index (χ0) is 26.1. The van der Waals surface area contributed by atoms with Crippen LogP contribution in [-0.2, 0) is 25.8 Å². The molecule has 3 rings (SSSR count). The van der Waals surface area contributed by atoms with Gasteiger partial charge in [-0.15, -0.1) is 0 Å². The molecule has 1 aromatic carbocycles. The maximum atomic E-state index is 13.7.